The zero-order chi connectivity index (χ0) is 13.3. The lowest BCUT2D eigenvalue weighted by Crippen LogP contribution is -2.13. The Morgan fingerprint density at radius 3 is 2.89 bits per heavy atom. The molecule has 0 spiro atoms. The van der Waals surface area contributed by atoms with Gasteiger partial charge < -0.3 is 5.11 Å². The maximum absolute atomic E-state index is 11.8. The maximum atomic E-state index is 11.8. The van der Waals surface area contributed by atoms with Gasteiger partial charge in [0.1, 0.15) is 4.88 Å². The Bertz CT molecular complexity index is 638. The number of nitrogens with one attached hydrogen (secondary N) is 1. The molecule has 2 N–H and O–H groups in total. The summed E-state index contributed by atoms with van der Waals surface area (Å²) >= 11 is 0.987. The summed E-state index contributed by atoms with van der Waals surface area (Å²) < 4.78 is 1.29. The number of hydrogen-bond acceptors (Lipinski definition) is 4. The van der Waals surface area contributed by atoms with Crippen molar-refractivity contribution in [2.24, 2.45) is 0 Å². The van der Waals surface area contributed by atoms with Crippen LogP contribution in [0.25, 0.3) is 5.13 Å². The number of nitrogens with zero attached hydrogens (tertiary/aromatic N) is 2. The van der Waals surface area contributed by atoms with Gasteiger partial charge in [-0.15, -0.1) is 0 Å². The number of carbonyl (C=O) groups is 1. The number of carboxylic acids is 1. The third kappa shape index (κ3) is 2.21. The molecule has 18 heavy (non-hydrogen) atoms. The van der Waals surface area contributed by atoms with Crippen molar-refractivity contribution in [2.45, 2.75) is 26.7 Å². The van der Waals surface area contributed by atoms with Crippen molar-refractivity contribution in [3.8, 4) is 5.13 Å². The molecule has 0 unspecified atom stereocenters. The van der Waals surface area contributed by atoms with Gasteiger partial charge in [-0.1, -0.05) is 24.7 Å². The van der Waals surface area contributed by atoms with E-state index in [4.69, 9.17) is 5.11 Å². The molecule has 0 aliphatic heterocycles. The molecule has 6 nitrogen and oxygen atoms in total. The Morgan fingerprint density at radius 1 is 1.61 bits per heavy atom. The van der Waals surface area contributed by atoms with Gasteiger partial charge in [-0.25, -0.2) is 9.78 Å². The van der Waals surface area contributed by atoms with Gasteiger partial charge >= 0.3 is 5.97 Å². The maximum Gasteiger partial charge on any atom is 0.347 e. The van der Waals surface area contributed by atoms with Crippen molar-refractivity contribution in [2.75, 3.05) is 0 Å². The predicted molar refractivity (Wildman–Crippen MR) is 67.8 cm³/mol. The summed E-state index contributed by atoms with van der Waals surface area (Å²) in [6, 6.07) is 1.51. The summed E-state index contributed by atoms with van der Waals surface area (Å²) in [6.45, 7) is 3.64. The van der Waals surface area contributed by atoms with Crippen LogP contribution in [0.4, 0.5) is 0 Å². The summed E-state index contributed by atoms with van der Waals surface area (Å²) in [5, 5.41) is 12.3. The second-order valence-electron chi connectivity index (χ2n) is 3.92. The van der Waals surface area contributed by atoms with Gasteiger partial charge in [0.25, 0.3) is 5.56 Å². The highest BCUT2D eigenvalue weighted by Crippen LogP contribution is 2.20. The number of H-pyrrole nitrogens is 1. The number of thiazole rings is 1. The number of aromatic carboxylic acids is 1. The molecule has 96 valence electrons. The fraction of sp³-hybridized carbons (Fsp3) is 0.364. The Morgan fingerprint density at radius 2 is 2.33 bits per heavy atom. The first kappa shape index (κ1) is 12.6. The molecule has 0 fully saturated rings. The van der Waals surface area contributed by atoms with Gasteiger partial charge in [0, 0.05) is 11.8 Å². The normalized spacial score (nSPS) is 10.8. The van der Waals surface area contributed by atoms with Crippen LogP contribution in [0.3, 0.4) is 0 Å². The molecule has 2 aromatic rings. The van der Waals surface area contributed by atoms with E-state index >= 15 is 0 Å². The molecule has 0 saturated carbocycles. The molecule has 0 bridgehead atoms. The fourth-order valence-electron chi connectivity index (χ4n) is 1.66. The number of carboxylic acid groups (broad SMARTS) is 1. The largest absolute Gasteiger partial charge is 0.477 e. The van der Waals surface area contributed by atoms with Crippen LogP contribution in [-0.2, 0) is 6.42 Å². The second-order valence-corrected chi connectivity index (χ2v) is 4.90. The number of rotatable bonds is 4. The smallest absolute Gasteiger partial charge is 0.347 e. The van der Waals surface area contributed by atoms with Gasteiger partial charge in [0.2, 0.25) is 5.13 Å². The van der Waals surface area contributed by atoms with E-state index in [0.29, 0.717) is 10.8 Å². The third-order valence-corrected chi connectivity index (χ3v) is 3.59. The van der Waals surface area contributed by atoms with E-state index in [1.165, 1.54) is 10.7 Å². The minimum Gasteiger partial charge on any atom is -0.477 e. The number of aryl methyl sites for hydroxylation is 2. The SMILES string of the molecule is CCCc1cc(=O)n(-c2nc(C)c(C(=O)O)s2)[nH]1. The Balaban J connectivity index is 2.45. The average molecular weight is 267 g/mol. The predicted octanol–water partition coefficient (Wildman–Crippen LogP) is 1.58. The Hall–Kier alpha value is -1.89. The topological polar surface area (TPSA) is 88.0 Å². The summed E-state index contributed by atoms with van der Waals surface area (Å²) in [6.07, 6.45) is 1.70. The van der Waals surface area contributed by atoms with Crippen molar-refractivity contribution >= 4 is 17.3 Å². The Labute approximate surface area is 107 Å². The quantitative estimate of drug-likeness (QED) is 0.880. The first-order valence-corrected chi connectivity index (χ1v) is 6.36. The number of aromatic amines is 1. The average Bonchev–Trinajstić information content (AvgIpc) is 2.82. The molecule has 0 saturated heterocycles. The zero-order valence-electron chi connectivity index (χ0n) is 10.1. The van der Waals surface area contributed by atoms with E-state index in [1.807, 2.05) is 6.92 Å². The fourth-order valence-corrected chi connectivity index (χ4v) is 2.53. The van der Waals surface area contributed by atoms with Crippen LogP contribution in [0.5, 0.6) is 0 Å². The van der Waals surface area contributed by atoms with Gasteiger partial charge in [-0.3, -0.25) is 9.89 Å². The molecule has 0 atom stereocenters. The number of aromatic nitrogens is 3. The summed E-state index contributed by atoms with van der Waals surface area (Å²) in [7, 11) is 0. The lowest BCUT2D eigenvalue weighted by Gasteiger charge is -1.95. The van der Waals surface area contributed by atoms with Crippen molar-refractivity contribution in [1.29, 1.82) is 0 Å². The third-order valence-electron chi connectivity index (χ3n) is 2.46. The van der Waals surface area contributed by atoms with E-state index in [9.17, 15) is 9.59 Å². The molecule has 2 heterocycles. The van der Waals surface area contributed by atoms with Crippen LogP contribution in [-0.4, -0.2) is 25.8 Å². The molecule has 0 aliphatic carbocycles. The molecular weight excluding hydrogens is 254 g/mol. The van der Waals surface area contributed by atoms with Crippen molar-refractivity contribution in [3.63, 3.8) is 0 Å². The van der Waals surface area contributed by atoms with Crippen LogP contribution >= 0.6 is 11.3 Å². The lowest BCUT2D eigenvalue weighted by atomic mass is 10.3. The van der Waals surface area contributed by atoms with E-state index < -0.39 is 5.97 Å². The van der Waals surface area contributed by atoms with E-state index in [0.717, 1.165) is 29.9 Å². The molecule has 0 radical (unpaired) electrons. The van der Waals surface area contributed by atoms with Gasteiger partial charge in [0.05, 0.1) is 5.69 Å². The summed E-state index contributed by atoms with van der Waals surface area (Å²) in [5.74, 6) is -1.02. The monoisotopic (exact) mass is 267 g/mol. The van der Waals surface area contributed by atoms with Crippen molar-refractivity contribution < 1.29 is 9.90 Å². The van der Waals surface area contributed by atoms with E-state index in [1.54, 1.807) is 6.92 Å². The van der Waals surface area contributed by atoms with Crippen LogP contribution in [0.15, 0.2) is 10.9 Å². The minimum atomic E-state index is -1.02. The van der Waals surface area contributed by atoms with Gasteiger partial charge in [-0.05, 0) is 13.3 Å². The molecular formula is C11H13N3O3S. The van der Waals surface area contributed by atoms with Crippen LogP contribution in [0.1, 0.15) is 34.4 Å². The first-order valence-electron chi connectivity index (χ1n) is 5.55. The summed E-state index contributed by atoms with van der Waals surface area (Å²) in [4.78, 5) is 27.0. The van der Waals surface area contributed by atoms with E-state index in [2.05, 4.69) is 10.1 Å². The zero-order valence-corrected chi connectivity index (χ0v) is 10.9. The van der Waals surface area contributed by atoms with Crippen LogP contribution < -0.4 is 5.56 Å². The molecule has 0 aromatic carbocycles. The molecule has 0 aliphatic rings. The number of hydrogen-bond donors (Lipinski definition) is 2. The van der Waals surface area contributed by atoms with Crippen LogP contribution in [0.2, 0.25) is 0 Å². The molecule has 0 amide bonds. The first-order chi connectivity index (χ1) is 8.52. The highest BCUT2D eigenvalue weighted by Gasteiger charge is 2.16. The highest BCUT2D eigenvalue weighted by molar-refractivity contribution is 7.16. The Kier molecular flexibility index (Phi) is 3.33. The lowest BCUT2D eigenvalue weighted by molar-refractivity contribution is 0.0701. The second kappa shape index (κ2) is 4.77. The van der Waals surface area contributed by atoms with E-state index in [-0.39, 0.29) is 10.4 Å². The molecule has 7 heteroatoms. The standard InChI is InChI=1S/C11H13N3O3S/c1-3-4-7-5-8(15)14(13-7)11-12-6(2)9(18-11)10(16)17/h5,13H,3-4H2,1-2H3,(H,16,17). The molecule has 2 aromatic heterocycles. The van der Waals surface area contributed by atoms with Crippen LogP contribution in [0, 0.1) is 6.92 Å². The molecule has 2 rings (SSSR count). The highest BCUT2D eigenvalue weighted by atomic mass is 32.1. The minimum absolute atomic E-state index is 0.156. The van der Waals surface area contributed by atoms with Crippen molar-refractivity contribution in [3.05, 3.63) is 32.7 Å². The summed E-state index contributed by atoms with van der Waals surface area (Å²) in [5.41, 5.74) is 1.03. The van der Waals surface area contributed by atoms with Crippen molar-refractivity contribution in [1.82, 2.24) is 14.8 Å². The van der Waals surface area contributed by atoms with Gasteiger partial charge in [-0.2, -0.15) is 4.68 Å². The van der Waals surface area contributed by atoms with Gasteiger partial charge in [0.15, 0.2) is 0 Å².